The van der Waals surface area contributed by atoms with Gasteiger partial charge in [-0.25, -0.2) is 0 Å². The highest BCUT2D eigenvalue weighted by Gasteiger charge is 2.64. The van der Waals surface area contributed by atoms with Crippen molar-refractivity contribution < 1.29 is 20.1 Å². The molecule has 11 atom stereocenters. The minimum Gasteiger partial charge on any atom is -0.389 e. The number of carbonyl (C=O) groups excluding carboxylic acids is 1. The largest absolute Gasteiger partial charge is 0.389 e. The van der Waals surface area contributed by atoms with E-state index in [0.29, 0.717) is 18.5 Å². The number of fused-ring (bicyclic) bond motifs is 1. The van der Waals surface area contributed by atoms with Crippen LogP contribution in [0.4, 0.5) is 0 Å². The highest BCUT2D eigenvalue weighted by atomic mass is 16.3. The van der Waals surface area contributed by atoms with E-state index in [2.05, 4.69) is 23.6 Å². The number of aliphatic hydroxyl groups is 3. The fraction of sp³-hybridized carbons (Fsp3) is 0.639. The Labute approximate surface area is 250 Å². The second-order valence-corrected chi connectivity index (χ2v) is 14.7. The third-order valence-electron chi connectivity index (χ3n) is 12.4. The Kier molecular flexibility index (Phi) is 6.99. The summed E-state index contributed by atoms with van der Waals surface area (Å²) in [4.78, 5) is 19.5. The summed E-state index contributed by atoms with van der Waals surface area (Å²) < 4.78 is 0. The minimum absolute atomic E-state index is 0.0219. The molecule has 6 nitrogen and oxygen atoms in total. The molecule has 5 saturated heterocycles. The van der Waals surface area contributed by atoms with Gasteiger partial charge in [0.15, 0.2) is 0 Å². The van der Waals surface area contributed by atoms with Gasteiger partial charge in [0.25, 0.3) is 0 Å². The Morgan fingerprint density at radius 3 is 2.10 bits per heavy atom. The van der Waals surface area contributed by atoms with Crippen LogP contribution in [0.3, 0.4) is 0 Å². The quantitative estimate of drug-likeness (QED) is 0.486. The SMILES string of the molecule is C[C@@H]1C[C@@H]2CC[C@@H]3[C@@H](C(=O)C[C@@H]4N5CCCC5C[C@H](C)[C@@]4(O)c4ccccc4)[C@](C)(O)C[C@H](N23)[C@@]1(O)c1ccccc1. The first-order chi connectivity index (χ1) is 20.1. The molecule has 0 radical (unpaired) electrons. The number of Topliss-reactive ketones (excluding diaryl/α,β-unsaturated/α-hetero) is 1. The molecule has 5 fully saturated rings. The van der Waals surface area contributed by atoms with Crippen LogP contribution in [0.1, 0.15) is 83.3 Å². The van der Waals surface area contributed by atoms with Gasteiger partial charge in [-0.15, -0.1) is 0 Å². The summed E-state index contributed by atoms with van der Waals surface area (Å²) in [5.74, 6) is -0.422. The van der Waals surface area contributed by atoms with Crippen LogP contribution in [0.25, 0.3) is 0 Å². The molecule has 0 bridgehead atoms. The molecule has 42 heavy (non-hydrogen) atoms. The van der Waals surface area contributed by atoms with Crippen LogP contribution in [-0.4, -0.2) is 73.3 Å². The lowest BCUT2D eigenvalue weighted by molar-refractivity contribution is -0.207. The standard InChI is InChI=1S/C36H48N2O4/c1-23-19-27-15-10-18-37(27)31(35(23,41)25-11-6-4-7-12-25)21-30(39)33-29-17-16-28-20-24(2)36(42,26-13-8-5-9-14-26)32(38(28)29)22-34(33,3)40/h4-9,11-14,23-24,27-29,31-33,40-42H,10,15-22H2,1-3H3/t23-,24+,27?,28-,29+,31-,32-,33-,34+,35+,36-/m0/s1. The highest BCUT2D eigenvalue weighted by molar-refractivity contribution is 5.84. The van der Waals surface area contributed by atoms with Crippen LogP contribution < -0.4 is 0 Å². The maximum atomic E-state index is 14.7. The van der Waals surface area contributed by atoms with E-state index in [1.165, 1.54) is 0 Å². The molecule has 5 aliphatic heterocycles. The van der Waals surface area contributed by atoms with Crippen molar-refractivity contribution in [3.05, 3.63) is 71.8 Å². The van der Waals surface area contributed by atoms with E-state index >= 15 is 0 Å². The van der Waals surface area contributed by atoms with E-state index in [9.17, 15) is 20.1 Å². The Morgan fingerprint density at radius 1 is 0.833 bits per heavy atom. The van der Waals surface area contributed by atoms with Gasteiger partial charge in [0.1, 0.15) is 17.0 Å². The van der Waals surface area contributed by atoms with Crippen molar-refractivity contribution in [2.24, 2.45) is 17.8 Å². The number of rotatable bonds is 5. The summed E-state index contributed by atoms with van der Waals surface area (Å²) in [6, 6.07) is 19.9. The predicted molar refractivity (Wildman–Crippen MR) is 163 cm³/mol. The molecule has 0 aromatic heterocycles. The number of nitrogens with zero attached hydrogens (tertiary/aromatic N) is 2. The number of hydrogen-bond donors (Lipinski definition) is 3. The second kappa shape index (κ2) is 10.2. The monoisotopic (exact) mass is 572 g/mol. The van der Waals surface area contributed by atoms with Gasteiger partial charge in [-0.05, 0) is 81.4 Å². The highest BCUT2D eigenvalue weighted by Crippen LogP contribution is 2.56. The Balaban J connectivity index is 1.23. The van der Waals surface area contributed by atoms with Crippen molar-refractivity contribution in [3.8, 4) is 0 Å². The molecule has 0 aliphatic carbocycles. The van der Waals surface area contributed by atoms with E-state index in [0.717, 1.165) is 56.2 Å². The maximum Gasteiger partial charge on any atom is 0.142 e. The van der Waals surface area contributed by atoms with Gasteiger partial charge in [-0.3, -0.25) is 14.6 Å². The zero-order chi connectivity index (χ0) is 29.4. The van der Waals surface area contributed by atoms with Gasteiger partial charge >= 0.3 is 0 Å². The van der Waals surface area contributed by atoms with Crippen LogP contribution in [0.5, 0.6) is 0 Å². The van der Waals surface area contributed by atoms with Crippen molar-refractivity contribution in [1.82, 2.24) is 9.80 Å². The normalized spacial score (nSPS) is 45.4. The van der Waals surface area contributed by atoms with E-state index in [1.54, 1.807) is 0 Å². The minimum atomic E-state index is -1.26. The zero-order valence-corrected chi connectivity index (χ0v) is 25.4. The topological polar surface area (TPSA) is 84.2 Å². The first kappa shape index (κ1) is 28.7. The Hall–Kier alpha value is -2.09. The average Bonchev–Trinajstić information content (AvgIpc) is 3.61. The molecule has 6 heteroatoms. The maximum absolute atomic E-state index is 14.7. The third-order valence-corrected chi connectivity index (χ3v) is 12.4. The van der Waals surface area contributed by atoms with Crippen LogP contribution in [0, 0.1) is 17.8 Å². The van der Waals surface area contributed by atoms with Crippen molar-refractivity contribution in [3.63, 3.8) is 0 Å². The lowest BCUT2D eigenvalue weighted by Gasteiger charge is -2.60. The van der Waals surface area contributed by atoms with E-state index in [-0.39, 0.29) is 42.2 Å². The van der Waals surface area contributed by atoms with Crippen LogP contribution in [0.15, 0.2) is 60.7 Å². The van der Waals surface area contributed by atoms with E-state index < -0.39 is 22.7 Å². The van der Waals surface area contributed by atoms with Crippen molar-refractivity contribution in [2.75, 3.05) is 6.54 Å². The first-order valence-corrected chi connectivity index (χ1v) is 16.4. The lowest BCUT2D eigenvalue weighted by Crippen LogP contribution is -2.71. The summed E-state index contributed by atoms with van der Waals surface area (Å²) in [5.41, 5.74) is -1.69. The fourth-order valence-corrected chi connectivity index (χ4v) is 10.5. The van der Waals surface area contributed by atoms with Crippen molar-refractivity contribution in [1.29, 1.82) is 0 Å². The van der Waals surface area contributed by atoms with Gasteiger partial charge in [0.2, 0.25) is 0 Å². The molecule has 5 aliphatic rings. The van der Waals surface area contributed by atoms with Crippen LogP contribution >= 0.6 is 0 Å². The molecule has 3 N–H and O–H groups in total. The summed E-state index contributed by atoms with van der Waals surface area (Å²) in [7, 11) is 0. The first-order valence-electron chi connectivity index (χ1n) is 16.4. The average molecular weight is 573 g/mol. The molecule has 2 aromatic carbocycles. The molecule has 7 rings (SSSR count). The van der Waals surface area contributed by atoms with E-state index in [1.807, 2.05) is 67.6 Å². The molecule has 0 saturated carbocycles. The molecule has 2 aromatic rings. The molecule has 226 valence electrons. The summed E-state index contributed by atoms with van der Waals surface area (Å²) in [6.45, 7) is 7.01. The summed E-state index contributed by atoms with van der Waals surface area (Å²) >= 11 is 0. The molecule has 0 amide bonds. The van der Waals surface area contributed by atoms with Gasteiger partial charge in [-0.1, -0.05) is 74.5 Å². The molecule has 1 unspecified atom stereocenters. The van der Waals surface area contributed by atoms with Crippen molar-refractivity contribution in [2.45, 2.75) is 119 Å². The zero-order valence-electron chi connectivity index (χ0n) is 25.4. The number of carbonyl (C=O) groups is 1. The van der Waals surface area contributed by atoms with Crippen LogP contribution in [-0.2, 0) is 16.0 Å². The van der Waals surface area contributed by atoms with Gasteiger partial charge < -0.3 is 15.3 Å². The molecular formula is C36H48N2O4. The van der Waals surface area contributed by atoms with Gasteiger partial charge in [0.05, 0.1) is 17.6 Å². The fourth-order valence-electron chi connectivity index (χ4n) is 10.5. The summed E-state index contributed by atoms with van der Waals surface area (Å²) in [5, 5.41) is 37.2. The number of ketones is 1. The predicted octanol–water partition coefficient (Wildman–Crippen LogP) is 4.61. The second-order valence-electron chi connectivity index (χ2n) is 14.7. The number of hydrogen-bond acceptors (Lipinski definition) is 6. The van der Waals surface area contributed by atoms with Gasteiger partial charge in [-0.2, -0.15) is 0 Å². The smallest absolute Gasteiger partial charge is 0.142 e. The lowest BCUT2D eigenvalue weighted by atomic mass is 9.61. The Morgan fingerprint density at radius 2 is 1.43 bits per heavy atom. The molecular weight excluding hydrogens is 524 g/mol. The van der Waals surface area contributed by atoms with Crippen molar-refractivity contribution >= 4 is 5.78 Å². The van der Waals surface area contributed by atoms with Crippen LogP contribution in [0.2, 0.25) is 0 Å². The summed E-state index contributed by atoms with van der Waals surface area (Å²) in [6.07, 6.45) is 6.41. The number of piperidine rings is 3. The number of benzene rings is 2. The molecule has 5 heterocycles. The Bertz CT molecular complexity index is 1300. The molecule has 0 spiro atoms. The third kappa shape index (κ3) is 4.12. The van der Waals surface area contributed by atoms with Gasteiger partial charge in [0, 0.05) is 30.6 Å². The van der Waals surface area contributed by atoms with E-state index in [4.69, 9.17) is 0 Å².